The molecule has 0 aliphatic heterocycles. The summed E-state index contributed by atoms with van der Waals surface area (Å²) in [5, 5.41) is 3.44. The number of aryl methyl sites for hydroxylation is 1. The molecule has 16 heavy (non-hydrogen) atoms. The van der Waals surface area contributed by atoms with E-state index in [1.807, 2.05) is 12.1 Å². The van der Waals surface area contributed by atoms with Gasteiger partial charge in [-0.1, -0.05) is 0 Å². The molecule has 2 aromatic heterocycles. The van der Waals surface area contributed by atoms with Crippen molar-refractivity contribution in [3.63, 3.8) is 0 Å². The summed E-state index contributed by atoms with van der Waals surface area (Å²) in [7, 11) is 0. The van der Waals surface area contributed by atoms with Gasteiger partial charge in [0.25, 0.3) is 0 Å². The molecule has 0 aromatic carbocycles. The summed E-state index contributed by atoms with van der Waals surface area (Å²) < 4.78 is 6.56. The molecule has 2 rings (SSSR count). The highest BCUT2D eigenvalue weighted by Crippen LogP contribution is 2.27. The van der Waals surface area contributed by atoms with Crippen molar-refractivity contribution in [1.29, 1.82) is 0 Å². The van der Waals surface area contributed by atoms with Crippen molar-refractivity contribution in [1.82, 2.24) is 5.32 Å². The van der Waals surface area contributed by atoms with Crippen LogP contribution in [0.25, 0.3) is 0 Å². The molecule has 2 nitrogen and oxygen atoms in total. The maximum atomic E-state index is 5.34. The summed E-state index contributed by atoms with van der Waals surface area (Å²) >= 11 is 5.31. The Morgan fingerprint density at radius 2 is 2.38 bits per heavy atom. The Hall–Kier alpha value is -0.580. The summed E-state index contributed by atoms with van der Waals surface area (Å²) in [6.45, 7) is 5.09. The quantitative estimate of drug-likeness (QED) is 0.912. The first kappa shape index (κ1) is 11.9. The Morgan fingerprint density at radius 1 is 1.56 bits per heavy atom. The molecule has 0 amide bonds. The first-order valence-corrected chi connectivity index (χ1v) is 6.79. The highest BCUT2D eigenvalue weighted by molar-refractivity contribution is 9.11. The van der Waals surface area contributed by atoms with Gasteiger partial charge < -0.3 is 9.73 Å². The second kappa shape index (κ2) is 5.17. The molecule has 1 N–H and O–H groups in total. The molecule has 0 aliphatic carbocycles. The van der Waals surface area contributed by atoms with E-state index in [2.05, 4.69) is 41.2 Å². The van der Waals surface area contributed by atoms with E-state index in [1.54, 1.807) is 17.6 Å². The van der Waals surface area contributed by atoms with Gasteiger partial charge in [-0.05, 0) is 53.5 Å². The van der Waals surface area contributed by atoms with Gasteiger partial charge in [0.1, 0.15) is 5.76 Å². The van der Waals surface area contributed by atoms with E-state index in [-0.39, 0.29) is 6.04 Å². The van der Waals surface area contributed by atoms with E-state index >= 15 is 0 Å². The van der Waals surface area contributed by atoms with Crippen LogP contribution in [0.2, 0.25) is 0 Å². The van der Waals surface area contributed by atoms with Crippen molar-refractivity contribution in [3.05, 3.63) is 44.4 Å². The maximum absolute atomic E-state index is 5.34. The largest absolute Gasteiger partial charge is 0.468 e. The van der Waals surface area contributed by atoms with Crippen molar-refractivity contribution in [2.75, 3.05) is 0 Å². The molecule has 4 heteroatoms. The number of hydrogen-bond acceptors (Lipinski definition) is 3. The van der Waals surface area contributed by atoms with Gasteiger partial charge in [0.2, 0.25) is 0 Å². The smallest absolute Gasteiger partial charge is 0.120 e. The predicted octanol–water partition coefficient (Wildman–Crippen LogP) is 4.26. The zero-order chi connectivity index (χ0) is 11.5. The predicted molar refractivity (Wildman–Crippen MR) is 70.7 cm³/mol. The summed E-state index contributed by atoms with van der Waals surface area (Å²) in [6.07, 6.45) is 1.71. The topological polar surface area (TPSA) is 25.2 Å². The van der Waals surface area contributed by atoms with Gasteiger partial charge in [0.15, 0.2) is 0 Å². The average Bonchev–Trinajstić information content (AvgIpc) is 2.86. The van der Waals surface area contributed by atoms with Crippen LogP contribution in [0.3, 0.4) is 0 Å². The lowest BCUT2D eigenvalue weighted by atomic mass is 10.2. The number of thiophene rings is 1. The Labute approximate surface area is 108 Å². The van der Waals surface area contributed by atoms with Gasteiger partial charge in [0.05, 0.1) is 16.1 Å². The first-order chi connectivity index (χ1) is 7.66. The van der Waals surface area contributed by atoms with Crippen molar-refractivity contribution in [2.24, 2.45) is 0 Å². The minimum absolute atomic E-state index is 0.246. The zero-order valence-electron chi connectivity index (χ0n) is 9.29. The SMILES string of the molecule is Cc1cc(CNC(C)c2ccco2)sc1Br. The molecule has 1 atom stereocenters. The molecule has 0 saturated heterocycles. The third-order valence-electron chi connectivity index (χ3n) is 2.46. The van der Waals surface area contributed by atoms with E-state index in [0.29, 0.717) is 0 Å². The molecule has 0 bridgehead atoms. The van der Waals surface area contributed by atoms with Crippen LogP contribution in [0.4, 0.5) is 0 Å². The lowest BCUT2D eigenvalue weighted by molar-refractivity contribution is 0.431. The van der Waals surface area contributed by atoms with E-state index < -0.39 is 0 Å². The Balaban J connectivity index is 1.92. The van der Waals surface area contributed by atoms with Gasteiger partial charge in [-0.25, -0.2) is 0 Å². The second-order valence-electron chi connectivity index (χ2n) is 3.79. The summed E-state index contributed by atoms with van der Waals surface area (Å²) in [5.74, 6) is 0.979. The number of rotatable bonds is 4. The fourth-order valence-corrected chi connectivity index (χ4v) is 3.08. The Morgan fingerprint density at radius 3 is 2.94 bits per heavy atom. The number of nitrogens with one attached hydrogen (secondary N) is 1. The van der Waals surface area contributed by atoms with Gasteiger partial charge in [0, 0.05) is 11.4 Å². The highest BCUT2D eigenvalue weighted by Gasteiger charge is 2.08. The molecule has 0 radical (unpaired) electrons. The molecule has 2 aromatic rings. The third kappa shape index (κ3) is 2.75. The summed E-state index contributed by atoms with van der Waals surface area (Å²) in [4.78, 5) is 1.34. The fourth-order valence-electron chi connectivity index (χ4n) is 1.50. The molecule has 0 spiro atoms. The van der Waals surface area contributed by atoms with Gasteiger partial charge in [-0.3, -0.25) is 0 Å². The first-order valence-electron chi connectivity index (χ1n) is 5.18. The fraction of sp³-hybridized carbons (Fsp3) is 0.333. The van der Waals surface area contributed by atoms with Crippen molar-refractivity contribution >= 4 is 27.3 Å². The van der Waals surface area contributed by atoms with Crippen LogP contribution in [0.15, 0.2) is 32.7 Å². The van der Waals surface area contributed by atoms with Crippen molar-refractivity contribution < 1.29 is 4.42 Å². The number of halogens is 1. The lowest BCUT2D eigenvalue weighted by Gasteiger charge is -2.09. The zero-order valence-corrected chi connectivity index (χ0v) is 11.7. The maximum Gasteiger partial charge on any atom is 0.120 e. The average molecular weight is 300 g/mol. The van der Waals surface area contributed by atoms with Crippen LogP contribution in [-0.4, -0.2) is 0 Å². The van der Waals surface area contributed by atoms with Crippen LogP contribution in [0.1, 0.15) is 29.2 Å². The second-order valence-corrected chi connectivity index (χ2v) is 6.24. The summed E-state index contributed by atoms with van der Waals surface area (Å²) in [5.41, 5.74) is 1.30. The molecule has 1 unspecified atom stereocenters. The standard InChI is InChI=1S/C12H14BrNOS/c1-8-6-10(16-12(8)13)7-14-9(2)11-4-3-5-15-11/h3-6,9,14H,7H2,1-2H3. The monoisotopic (exact) mass is 299 g/mol. The van der Waals surface area contributed by atoms with Crippen LogP contribution < -0.4 is 5.32 Å². The van der Waals surface area contributed by atoms with E-state index in [0.717, 1.165) is 12.3 Å². The number of furan rings is 1. The third-order valence-corrected chi connectivity index (χ3v) is 4.60. The van der Waals surface area contributed by atoms with Crippen molar-refractivity contribution in [3.8, 4) is 0 Å². The van der Waals surface area contributed by atoms with E-state index in [9.17, 15) is 0 Å². The van der Waals surface area contributed by atoms with Crippen LogP contribution >= 0.6 is 27.3 Å². The molecular formula is C12H14BrNOS. The minimum atomic E-state index is 0.246. The Bertz CT molecular complexity index is 430. The van der Waals surface area contributed by atoms with Crippen LogP contribution in [0, 0.1) is 6.92 Å². The van der Waals surface area contributed by atoms with Crippen LogP contribution in [-0.2, 0) is 6.54 Å². The van der Waals surface area contributed by atoms with Gasteiger partial charge in [-0.15, -0.1) is 11.3 Å². The molecule has 2 heterocycles. The van der Waals surface area contributed by atoms with Crippen LogP contribution in [0.5, 0.6) is 0 Å². The van der Waals surface area contributed by atoms with Gasteiger partial charge >= 0.3 is 0 Å². The molecule has 0 saturated carbocycles. The minimum Gasteiger partial charge on any atom is -0.468 e. The Kier molecular flexibility index (Phi) is 3.84. The van der Waals surface area contributed by atoms with E-state index in [1.165, 1.54) is 14.2 Å². The normalized spacial score (nSPS) is 12.9. The van der Waals surface area contributed by atoms with Gasteiger partial charge in [-0.2, -0.15) is 0 Å². The molecular weight excluding hydrogens is 286 g/mol. The molecule has 0 aliphatic rings. The number of hydrogen-bond donors (Lipinski definition) is 1. The molecule has 0 fully saturated rings. The lowest BCUT2D eigenvalue weighted by Crippen LogP contribution is -2.16. The summed E-state index contributed by atoms with van der Waals surface area (Å²) in [6, 6.07) is 6.36. The van der Waals surface area contributed by atoms with E-state index in [4.69, 9.17) is 4.42 Å². The molecule has 86 valence electrons. The highest BCUT2D eigenvalue weighted by atomic mass is 79.9. The van der Waals surface area contributed by atoms with Crippen molar-refractivity contribution in [2.45, 2.75) is 26.4 Å².